The van der Waals surface area contributed by atoms with Crippen molar-refractivity contribution in [3.8, 4) is 11.5 Å². The standard InChI is InChI=1S/C26H24FN3O6/c1-30-13-18(29-25(33)16-9-11-28-12-10-16)21(14-30)36-26(34)17-5-3-15(4-6-17)24(32)22-19(31)7-8-20(35-2)23(22)27/h3-12,18,21,31H,13-14H2,1-2H3,(H,29,33)/t18-,21-/m1/s1. The van der Waals surface area contributed by atoms with Crippen LogP contribution >= 0.6 is 0 Å². The number of halogens is 1. The van der Waals surface area contributed by atoms with Gasteiger partial charge in [0.2, 0.25) is 0 Å². The summed E-state index contributed by atoms with van der Waals surface area (Å²) in [5.74, 6) is -3.37. The third kappa shape index (κ3) is 5.18. The summed E-state index contributed by atoms with van der Waals surface area (Å²) in [6, 6.07) is 10.6. The molecule has 2 aromatic carbocycles. The van der Waals surface area contributed by atoms with Crippen LogP contribution in [0, 0.1) is 5.82 Å². The predicted molar refractivity (Wildman–Crippen MR) is 127 cm³/mol. The van der Waals surface area contributed by atoms with Crippen molar-refractivity contribution >= 4 is 17.7 Å². The van der Waals surface area contributed by atoms with Crippen LogP contribution in [0.2, 0.25) is 0 Å². The molecule has 4 rings (SSSR count). The number of nitrogens with zero attached hydrogens (tertiary/aromatic N) is 2. The molecule has 10 heteroatoms. The van der Waals surface area contributed by atoms with E-state index < -0.39 is 41.0 Å². The lowest BCUT2D eigenvalue weighted by atomic mass is 10.0. The lowest BCUT2D eigenvalue weighted by Gasteiger charge is -2.20. The molecule has 1 fully saturated rings. The van der Waals surface area contributed by atoms with E-state index in [4.69, 9.17) is 9.47 Å². The SMILES string of the molecule is COc1ccc(O)c(C(=O)c2ccc(C(=O)O[C@@H]3CN(C)C[C@H]3NC(=O)c3ccncc3)cc2)c1F. The number of rotatable bonds is 7. The van der Waals surface area contributed by atoms with Gasteiger partial charge in [-0.25, -0.2) is 9.18 Å². The Bertz CT molecular complexity index is 1280. The summed E-state index contributed by atoms with van der Waals surface area (Å²) in [4.78, 5) is 43.9. The van der Waals surface area contributed by atoms with Crippen LogP contribution in [-0.2, 0) is 4.74 Å². The van der Waals surface area contributed by atoms with Crippen LogP contribution in [0.25, 0.3) is 0 Å². The first-order chi connectivity index (χ1) is 17.3. The lowest BCUT2D eigenvalue weighted by Crippen LogP contribution is -2.44. The van der Waals surface area contributed by atoms with Crippen LogP contribution in [0.5, 0.6) is 11.5 Å². The van der Waals surface area contributed by atoms with E-state index >= 15 is 0 Å². The number of ketones is 1. The van der Waals surface area contributed by atoms with E-state index in [0.717, 1.165) is 0 Å². The maximum atomic E-state index is 14.6. The topological polar surface area (TPSA) is 118 Å². The molecule has 2 atom stereocenters. The lowest BCUT2D eigenvalue weighted by molar-refractivity contribution is 0.0270. The molecular formula is C26H24FN3O6. The van der Waals surface area contributed by atoms with Crippen molar-refractivity contribution in [2.45, 2.75) is 12.1 Å². The molecule has 1 aliphatic heterocycles. The monoisotopic (exact) mass is 493 g/mol. The molecule has 1 amide bonds. The number of carbonyl (C=O) groups excluding carboxylic acids is 3. The zero-order valence-electron chi connectivity index (χ0n) is 19.6. The van der Waals surface area contributed by atoms with Crippen molar-refractivity contribution in [3.63, 3.8) is 0 Å². The highest BCUT2D eigenvalue weighted by molar-refractivity contribution is 6.11. The summed E-state index contributed by atoms with van der Waals surface area (Å²) < 4.78 is 25.1. The van der Waals surface area contributed by atoms with Gasteiger partial charge < -0.3 is 24.8 Å². The number of pyridine rings is 1. The van der Waals surface area contributed by atoms with Crippen molar-refractivity contribution in [1.82, 2.24) is 15.2 Å². The highest BCUT2D eigenvalue weighted by atomic mass is 19.1. The van der Waals surface area contributed by atoms with E-state index in [2.05, 4.69) is 10.3 Å². The van der Waals surface area contributed by atoms with Crippen LogP contribution in [0.4, 0.5) is 4.39 Å². The Kier molecular flexibility index (Phi) is 7.25. The summed E-state index contributed by atoms with van der Waals surface area (Å²) in [7, 11) is 3.11. The zero-order chi connectivity index (χ0) is 25.8. The quantitative estimate of drug-likeness (QED) is 0.381. The molecule has 2 N–H and O–H groups in total. The maximum Gasteiger partial charge on any atom is 0.338 e. The number of aromatic hydroxyl groups is 1. The fourth-order valence-electron chi connectivity index (χ4n) is 4.00. The second-order valence-corrected chi connectivity index (χ2v) is 8.36. The number of phenols is 1. The molecule has 186 valence electrons. The van der Waals surface area contributed by atoms with Crippen LogP contribution in [0.3, 0.4) is 0 Å². The molecule has 1 saturated heterocycles. The highest BCUT2D eigenvalue weighted by Gasteiger charge is 2.35. The number of likely N-dealkylation sites (tertiary alicyclic amines) is 1. The maximum absolute atomic E-state index is 14.6. The molecule has 36 heavy (non-hydrogen) atoms. The summed E-state index contributed by atoms with van der Waals surface area (Å²) >= 11 is 0. The molecule has 2 heterocycles. The van der Waals surface area contributed by atoms with Crippen LogP contribution < -0.4 is 10.1 Å². The van der Waals surface area contributed by atoms with Crippen molar-refractivity contribution in [3.05, 3.63) is 89.0 Å². The molecule has 0 unspecified atom stereocenters. The number of ether oxygens (including phenoxy) is 2. The largest absolute Gasteiger partial charge is 0.507 e. The molecule has 0 saturated carbocycles. The number of nitrogens with one attached hydrogen (secondary N) is 1. The summed E-state index contributed by atoms with van der Waals surface area (Å²) in [5, 5.41) is 12.9. The Morgan fingerprint density at radius 2 is 1.67 bits per heavy atom. The number of phenolic OH excluding ortho intramolecular Hbond substituents is 1. The smallest absolute Gasteiger partial charge is 0.338 e. The Hall–Kier alpha value is -4.31. The van der Waals surface area contributed by atoms with Gasteiger partial charge in [0.05, 0.1) is 18.7 Å². The molecule has 0 bridgehead atoms. The molecule has 3 aromatic rings. The predicted octanol–water partition coefficient (Wildman–Crippen LogP) is 2.44. The van der Waals surface area contributed by atoms with E-state index in [1.165, 1.54) is 55.9 Å². The second-order valence-electron chi connectivity index (χ2n) is 8.36. The van der Waals surface area contributed by atoms with Gasteiger partial charge in [0.15, 0.2) is 17.3 Å². The minimum absolute atomic E-state index is 0.0668. The van der Waals surface area contributed by atoms with Gasteiger partial charge in [-0.1, -0.05) is 12.1 Å². The summed E-state index contributed by atoms with van der Waals surface area (Å²) in [5.41, 5.74) is 0.169. The normalized spacial score (nSPS) is 17.4. The van der Waals surface area contributed by atoms with Crippen molar-refractivity contribution in [1.29, 1.82) is 0 Å². The van der Waals surface area contributed by atoms with Gasteiger partial charge >= 0.3 is 5.97 Å². The molecule has 0 aliphatic carbocycles. The summed E-state index contributed by atoms with van der Waals surface area (Å²) in [6.45, 7) is 0.926. The highest BCUT2D eigenvalue weighted by Crippen LogP contribution is 2.30. The zero-order valence-corrected chi connectivity index (χ0v) is 19.6. The van der Waals surface area contributed by atoms with Gasteiger partial charge in [-0.3, -0.25) is 14.6 Å². The van der Waals surface area contributed by atoms with Crippen LogP contribution in [0.15, 0.2) is 60.9 Å². The Morgan fingerprint density at radius 3 is 2.33 bits per heavy atom. The minimum Gasteiger partial charge on any atom is -0.507 e. The Balaban J connectivity index is 1.45. The number of likely N-dealkylation sites (N-methyl/N-ethyl adjacent to an activating group) is 1. The number of amides is 1. The van der Waals surface area contributed by atoms with E-state index in [9.17, 15) is 23.9 Å². The molecule has 0 spiro atoms. The van der Waals surface area contributed by atoms with E-state index in [-0.39, 0.29) is 22.8 Å². The molecular weight excluding hydrogens is 469 g/mol. The number of methoxy groups -OCH3 is 1. The number of carbonyl (C=O) groups is 3. The molecule has 1 aliphatic rings. The van der Waals surface area contributed by atoms with Crippen molar-refractivity contribution in [2.75, 3.05) is 27.2 Å². The second kappa shape index (κ2) is 10.5. The van der Waals surface area contributed by atoms with Crippen molar-refractivity contribution in [2.24, 2.45) is 0 Å². The average Bonchev–Trinajstić information content (AvgIpc) is 3.22. The first-order valence-corrected chi connectivity index (χ1v) is 11.1. The number of hydrogen-bond donors (Lipinski definition) is 2. The first kappa shape index (κ1) is 24.8. The van der Waals surface area contributed by atoms with E-state index in [0.29, 0.717) is 18.7 Å². The molecule has 1 aromatic heterocycles. The minimum atomic E-state index is -0.976. The Morgan fingerprint density at radius 1 is 1.00 bits per heavy atom. The third-order valence-corrected chi connectivity index (χ3v) is 5.88. The number of hydrogen-bond acceptors (Lipinski definition) is 8. The molecule has 9 nitrogen and oxygen atoms in total. The summed E-state index contributed by atoms with van der Waals surface area (Å²) in [6.07, 6.45) is 2.45. The number of benzene rings is 2. The van der Waals surface area contributed by atoms with Gasteiger partial charge in [0.1, 0.15) is 17.4 Å². The third-order valence-electron chi connectivity index (χ3n) is 5.88. The fraction of sp³-hybridized carbons (Fsp3) is 0.231. The van der Waals surface area contributed by atoms with E-state index in [1.807, 2.05) is 11.9 Å². The molecule has 0 radical (unpaired) electrons. The van der Waals surface area contributed by atoms with E-state index in [1.54, 1.807) is 12.1 Å². The first-order valence-electron chi connectivity index (χ1n) is 11.1. The van der Waals surface area contributed by atoms with Gasteiger partial charge in [0, 0.05) is 36.6 Å². The number of esters is 1. The van der Waals surface area contributed by atoms with Crippen molar-refractivity contribution < 1.29 is 33.4 Å². The average molecular weight is 493 g/mol. The number of aromatic nitrogens is 1. The fourth-order valence-corrected chi connectivity index (χ4v) is 4.00. The van der Waals surface area contributed by atoms with Gasteiger partial charge in [-0.15, -0.1) is 0 Å². The van der Waals surface area contributed by atoms with Crippen LogP contribution in [-0.4, -0.2) is 72.0 Å². The Labute approximate surface area is 206 Å². The van der Waals surface area contributed by atoms with Gasteiger partial charge in [-0.05, 0) is 43.4 Å². The van der Waals surface area contributed by atoms with Gasteiger partial charge in [-0.2, -0.15) is 0 Å². The van der Waals surface area contributed by atoms with Crippen LogP contribution in [0.1, 0.15) is 36.6 Å². The van der Waals surface area contributed by atoms with Gasteiger partial charge in [0.25, 0.3) is 5.91 Å².